The van der Waals surface area contributed by atoms with Crippen LogP contribution in [-0.2, 0) is 0 Å². The largest absolute Gasteiger partial charge is 0.308 e. The number of aliphatic imine (C=N–C) groups is 1. The first-order valence-corrected chi connectivity index (χ1v) is 5.77. The first kappa shape index (κ1) is 13.1. The van der Waals surface area contributed by atoms with Crippen LogP contribution in [0.15, 0.2) is 29.4 Å². The Morgan fingerprint density at radius 1 is 1.50 bits per heavy atom. The highest BCUT2D eigenvalue weighted by molar-refractivity contribution is 6.01. The van der Waals surface area contributed by atoms with Crippen molar-refractivity contribution in [1.29, 1.82) is 0 Å². The smallest absolute Gasteiger partial charge is 0.0458 e. The molecule has 0 bridgehead atoms. The number of likely N-dealkylation sites (N-methyl/N-ethyl adjacent to an activating group) is 1. The molecule has 0 N–H and O–H groups in total. The standard InChI is InChI=1S/C13H23N3/c1-11(2)14-13-6-7-16(10-12(13)3)9-8-15(4)5/h1,3,6-10H2,2,4-5H3. The van der Waals surface area contributed by atoms with Gasteiger partial charge in [0.15, 0.2) is 0 Å². The number of hydrogen-bond donors (Lipinski definition) is 0. The lowest BCUT2D eigenvalue weighted by atomic mass is 10.0. The highest BCUT2D eigenvalue weighted by atomic mass is 15.2. The van der Waals surface area contributed by atoms with Gasteiger partial charge < -0.3 is 4.90 Å². The minimum Gasteiger partial charge on any atom is -0.308 e. The van der Waals surface area contributed by atoms with Crippen molar-refractivity contribution in [2.45, 2.75) is 13.3 Å². The maximum Gasteiger partial charge on any atom is 0.0458 e. The molecule has 0 aromatic carbocycles. The van der Waals surface area contributed by atoms with Crippen molar-refractivity contribution in [3.05, 3.63) is 24.4 Å². The lowest BCUT2D eigenvalue weighted by molar-refractivity contribution is 0.258. The van der Waals surface area contributed by atoms with Gasteiger partial charge in [-0.05, 0) is 26.6 Å². The van der Waals surface area contributed by atoms with E-state index in [0.29, 0.717) is 0 Å². The van der Waals surface area contributed by atoms with Crippen LogP contribution < -0.4 is 0 Å². The predicted octanol–water partition coefficient (Wildman–Crippen LogP) is 1.78. The number of rotatable bonds is 4. The lowest BCUT2D eigenvalue weighted by Crippen LogP contribution is -2.39. The molecule has 0 aliphatic carbocycles. The summed E-state index contributed by atoms with van der Waals surface area (Å²) >= 11 is 0. The van der Waals surface area contributed by atoms with Crippen molar-refractivity contribution in [2.24, 2.45) is 4.99 Å². The summed E-state index contributed by atoms with van der Waals surface area (Å²) in [5.41, 5.74) is 3.15. The molecule has 0 radical (unpaired) electrons. The Balaban J connectivity index is 2.46. The van der Waals surface area contributed by atoms with E-state index in [1.54, 1.807) is 0 Å². The molecule has 1 heterocycles. The van der Waals surface area contributed by atoms with E-state index in [1.165, 1.54) is 0 Å². The van der Waals surface area contributed by atoms with Gasteiger partial charge in [0.05, 0.1) is 0 Å². The Kier molecular flexibility index (Phi) is 4.90. The molecule has 1 rings (SSSR count). The van der Waals surface area contributed by atoms with E-state index in [-0.39, 0.29) is 0 Å². The van der Waals surface area contributed by atoms with Crippen molar-refractivity contribution in [1.82, 2.24) is 9.80 Å². The Morgan fingerprint density at radius 3 is 2.69 bits per heavy atom. The van der Waals surface area contributed by atoms with E-state index >= 15 is 0 Å². The van der Waals surface area contributed by atoms with Crippen LogP contribution in [0, 0.1) is 0 Å². The molecule has 16 heavy (non-hydrogen) atoms. The molecular weight excluding hydrogens is 198 g/mol. The Morgan fingerprint density at radius 2 is 2.19 bits per heavy atom. The summed E-state index contributed by atoms with van der Waals surface area (Å²) in [6.07, 6.45) is 0.999. The fourth-order valence-corrected chi connectivity index (χ4v) is 1.78. The summed E-state index contributed by atoms with van der Waals surface area (Å²) in [5.74, 6) is 0. The van der Waals surface area contributed by atoms with Crippen LogP contribution in [-0.4, -0.2) is 55.8 Å². The van der Waals surface area contributed by atoms with Gasteiger partial charge >= 0.3 is 0 Å². The average molecular weight is 221 g/mol. The molecule has 0 saturated carbocycles. The monoisotopic (exact) mass is 221 g/mol. The maximum atomic E-state index is 4.43. The summed E-state index contributed by atoms with van der Waals surface area (Å²) in [4.78, 5) is 9.07. The minimum absolute atomic E-state index is 0.873. The third-order valence-corrected chi connectivity index (χ3v) is 2.68. The van der Waals surface area contributed by atoms with Crippen molar-refractivity contribution in [3.63, 3.8) is 0 Å². The predicted molar refractivity (Wildman–Crippen MR) is 71.0 cm³/mol. The number of allylic oxidation sites excluding steroid dienone is 1. The maximum absolute atomic E-state index is 4.43. The molecule has 1 aliphatic heterocycles. The van der Waals surface area contributed by atoms with Gasteiger partial charge in [0, 0.05) is 44.0 Å². The van der Waals surface area contributed by atoms with E-state index < -0.39 is 0 Å². The molecule has 0 amide bonds. The molecule has 1 saturated heterocycles. The number of likely N-dealkylation sites (tertiary alicyclic amines) is 1. The van der Waals surface area contributed by atoms with E-state index in [0.717, 1.165) is 49.6 Å². The van der Waals surface area contributed by atoms with Gasteiger partial charge in [0.25, 0.3) is 0 Å². The summed E-state index contributed by atoms with van der Waals surface area (Å²) in [6.45, 7) is 14.1. The highest BCUT2D eigenvalue weighted by Gasteiger charge is 2.17. The second-order valence-corrected chi connectivity index (χ2v) is 4.73. The zero-order valence-corrected chi connectivity index (χ0v) is 10.8. The number of nitrogens with zero attached hydrogens (tertiary/aromatic N) is 3. The lowest BCUT2D eigenvalue weighted by Gasteiger charge is -2.30. The normalized spacial score (nSPS) is 20.8. The summed E-state index contributed by atoms with van der Waals surface area (Å²) in [6, 6.07) is 0. The second kappa shape index (κ2) is 5.97. The molecule has 0 aromatic heterocycles. The Labute approximate surface area is 99.1 Å². The highest BCUT2D eigenvalue weighted by Crippen LogP contribution is 2.13. The van der Waals surface area contributed by atoms with Crippen LogP contribution in [0.5, 0.6) is 0 Å². The summed E-state index contributed by atoms with van der Waals surface area (Å²) in [7, 11) is 4.21. The van der Waals surface area contributed by atoms with Gasteiger partial charge in [-0.25, -0.2) is 0 Å². The Bertz CT molecular complexity index is 302. The fourth-order valence-electron chi connectivity index (χ4n) is 1.78. The van der Waals surface area contributed by atoms with Crippen molar-refractivity contribution >= 4 is 5.71 Å². The molecule has 3 heteroatoms. The van der Waals surface area contributed by atoms with Crippen LogP contribution >= 0.6 is 0 Å². The van der Waals surface area contributed by atoms with Crippen molar-refractivity contribution in [3.8, 4) is 0 Å². The molecular formula is C13H23N3. The Hall–Kier alpha value is -0.930. The third kappa shape index (κ3) is 4.29. The number of hydrogen-bond acceptors (Lipinski definition) is 3. The van der Waals surface area contributed by atoms with Crippen molar-refractivity contribution < 1.29 is 0 Å². The molecule has 0 unspecified atom stereocenters. The van der Waals surface area contributed by atoms with Gasteiger partial charge in [-0.3, -0.25) is 9.89 Å². The molecule has 3 nitrogen and oxygen atoms in total. The van der Waals surface area contributed by atoms with Crippen LogP contribution in [0.2, 0.25) is 0 Å². The molecule has 1 aliphatic rings. The average Bonchev–Trinajstić information content (AvgIpc) is 2.18. The third-order valence-electron chi connectivity index (χ3n) is 2.68. The zero-order valence-electron chi connectivity index (χ0n) is 10.8. The number of piperidine rings is 1. The van der Waals surface area contributed by atoms with Crippen LogP contribution in [0.3, 0.4) is 0 Å². The van der Waals surface area contributed by atoms with E-state index in [4.69, 9.17) is 0 Å². The molecule has 0 spiro atoms. The fraction of sp³-hybridized carbons (Fsp3) is 0.615. The van der Waals surface area contributed by atoms with Gasteiger partial charge in [-0.15, -0.1) is 0 Å². The minimum atomic E-state index is 0.873. The first-order chi connectivity index (χ1) is 7.49. The van der Waals surface area contributed by atoms with Gasteiger partial charge in [0.1, 0.15) is 0 Å². The van der Waals surface area contributed by atoms with Crippen LogP contribution in [0.1, 0.15) is 13.3 Å². The van der Waals surface area contributed by atoms with Crippen LogP contribution in [0.25, 0.3) is 0 Å². The van der Waals surface area contributed by atoms with E-state index in [2.05, 4.69) is 42.0 Å². The zero-order chi connectivity index (χ0) is 12.1. The van der Waals surface area contributed by atoms with Crippen LogP contribution in [0.4, 0.5) is 0 Å². The van der Waals surface area contributed by atoms with Gasteiger partial charge in [0.2, 0.25) is 0 Å². The van der Waals surface area contributed by atoms with Gasteiger partial charge in [-0.2, -0.15) is 0 Å². The molecule has 90 valence electrons. The first-order valence-electron chi connectivity index (χ1n) is 5.77. The van der Waals surface area contributed by atoms with E-state index in [1.807, 2.05) is 6.92 Å². The second-order valence-electron chi connectivity index (χ2n) is 4.73. The summed E-state index contributed by atoms with van der Waals surface area (Å²) < 4.78 is 0. The SMILES string of the molecule is C=C(C)N=C1CCN(CCN(C)C)CC1=C. The molecule has 1 fully saturated rings. The summed E-state index contributed by atoms with van der Waals surface area (Å²) in [5, 5.41) is 0. The molecule has 0 atom stereocenters. The van der Waals surface area contributed by atoms with Gasteiger partial charge in [-0.1, -0.05) is 13.2 Å². The quantitative estimate of drug-likeness (QED) is 0.720. The topological polar surface area (TPSA) is 18.8 Å². The van der Waals surface area contributed by atoms with Crippen molar-refractivity contribution in [2.75, 3.05) is 40.3 Å². The molecule has 0 aromatic rings. The van der Waals surface area contributed by atoms with E-state index in [9.17, 15) is 0 Å².